The van der Waals surface area contributed by atoms with E-state index in [0.29, 0.717) is 159 Å². The van der Waals surface area contributed by atoms with Crippen LogP contribution in [0.25, 0.3) is 22.1 Å². The summed E-state index contributed by atoms with van der Waals surface area (Å²) in [5, 5.41) is 31.6. The largest absolute Gasteiger partial charge is 0.492 e. The summed E-state index contributed by atoms with van der Waals surface area (Å²) in [7, 11) is 7.15. The van der Waals surface area contributed by atoms with Gasteiger partial charge < -0.3 is 107 Å². The second-order valence-electron chi connectivity index (χ2n) is 38.3. The first-order chi connectivity index (χ1) is 68.9. The van der Waals surface area contributed by atoms with Crippen LogP contribution in [0.1, 0.15) is 158 Å². The quantitative estimate of drug-likeness (QED) is 0.0173. The minimum absolute atomic E-state index is 0.0184. The number of ketones is 4. The number of H-pyrrole nitrogens is 4. The Morgan fingerprint density at radius 3 is 1.33 bits per heavy atom. The molecule has 2 saturated heterocycles. The molecule has 2 fully saturated rings. The molecule has 4 aliphatic heterocycles. The van der Waals surface area contributed by atoms with E-state index >= 15 is 0 Å². The average molecular weight is 2010 g/mol. The normalized spacial score (nSPS) is 24.9. The number of amides is 7. The molecule has 4 aromatic heterocycles. The Balaban J connectivity index is 0.000000239. The lowest BCUT2D eigenvalue weighted by atomic mass is 9.82. The van der Waals surface area contributed by atoms with Crippen molar-refractivity contribution >= 4 is 99.0 Å². The van der Waals surface area contributed by atoms with Gasteiger partial charge in [0.25, 0.3) is 34.7 Å². The lowest BCUT2D eigenvalue weighted by molar-refractivity contribution is -0.121. The van der Waals surface area contributed by atoms with Crippen molar-refractivity contribution in [3.8, 4) is 0 Å². The number of methoxy groups -OCH3 is 5. The van der Waals surface area contributed by atoms with Crippen LogP contribution in [0.4, 0.5) is 26.3 Å². The zero-order valence-electron chi connectivity index (χ0n) is 85.3. The number of nitrogens with zero attached hydrogens (tertiary/aromatic N) is 6. The van der Waals surface area contributed by atoms with Crippen LogP contribution in [-0.2, 0) is 92.3 Å². The fraction of sp³-hybridized carbons (Fsp3) is 0.476. The third kappa shape index (κ3) is 31.3. The fourth-order valence-electron chi connectivity index (χ4n) is 18.3. The van der Waals surface area contributed by atoms with Gasteiger partial charge in [0, 0.05) is 169 Å². The third-order valence-electron chi connectivity index (χ3n) is 26.2. The molecule has 17 N–H and O–H groups in total. The number of carbonyl (C=O) groups excluding carboxylic acids is 11. The van der Waals surface area contributed by atoms with Crippen molar-refractivity contribution in [2.24, 2.45) is 35.1 Å². The van der Waals surface area contributed by atoms with Gasteiger partial charge in [-0.15, -0.1) is 0 Å². The maximum atomic E-state index is 14.2. The predicted molar refractivity (Wildman–Crippen MR) is 544 cm³/mol. The summed E-state index contributed by atoms with van der Waals surface area (Å²) >= 11 is 0. The summed E-state index contributed by atoms with van der Waals surface area (Å²) in [5.74, 6) is -4.38. The number of alkyl carbamates (subject to hydrolysis) is 1. The van der Waals surface area contributed by atoms with E-state index < -0.39 is 114 Å². The number of fused-ring (bicyclic) bond motifs is 6. The second kappa shape index (κ2) is 52.6. The summed E-state index contributed by atoms with van der Waals surface area (Å²) in [6, 6.07) is 15.2. The Hall–Kier alpha value is -13.9. The number of nitrogens with one attached hydrogen (secondary N) is 7. The number of nitrogen functional groups attached to an aromatic ring is 2. The van der Waals surface area contributed by atoms with Crippen LogP contribution in [0, 0.1) is 23.7 Å². The smallest absolute Gasteiger partial charge is 0.407 e. The maximum Gasteiger partial charge on any atom is 0.407 e. The zero-order valence-corrected chi connectivity index (χ0v) is 85.3. The molecule has 40 heteroatoms. The number of aryl methyl sites for hydroxylation is 4. The van der Waals surface area contributed by atoms with Gasteiger partial charge in [0.2, 0.25) is 29.2 Å². The molecule has 4 bridgehead atoms. The maximum absolute atomic E-state index is 14.2. The first-order valence-electron chi connectivity index (χ1n) is 48.5. The number of piperazine rings is 2. The van der Waals surface area contributed by atoms with E-state index in [1.165, 1.54) is 60.7 Å². The number of aromatic nitrogens is 6. The standard InChI is InChI=1S/C50H64N8O10.C29H40N2O9.C26H35N7O4/c1-28-23-36-35(10-8-18-57-19-21-58(22-20-57)48(64)33-15-12-32(13-16-33)14-17-34-27-53-45-41(34)47(63)56-49(51)55-45)38(59)26-37(43(36)61)54-46(62)29(2)9-7-11-39(66-5)44(68-50(52)65)31(4)25-30(3)42(60)40(24-28)67-6;1-15-11-19-25(34)20(14-21(32)27(19)39-7)31-28(35)16(2)9-8-10-22(37-5)26(40-29(30)36)18(4)13-17(3)24(33)23(12-15)38-6;1-26(2,3)37-25(36)28-10-11-32-12-14-33(15-13-32)23(35)18-7-4-17(5-8-18)6-9-19-16-29-21-20(19)22(34)31-24(27)30-21/h7,9,11-13,15-16,25-28,30,39-40,42,44,60H,8,10,14,17-24H2,1-6H3,(H2,52,65)(H,54,62)(H4,51,53,55,56,63);8-10,13-15,17,22-24,26,33H,11-12H2,1-7H3,(H2,30,36)(H,31,35);4-5,7-8,16H,6,9-15H2,1-3H3,(H,28,36)(H4,27,29,30,31,34)/b11-7-,29-9+,31-25+;10-8-,16-9+,18-13+;/t28-,30+,39+,40+,42+,44+;15-,17+,22+,23+,24+,26+;/m11./s1. The van der Waals surface area contributed by atoms with Gasteiger partial charge in [0.05, 0.1) is 53.7 Å². The number of rotatable bonds is 22. The zero-order chi connectivity index (χ0) is 106. The molecule has 0 saturated carbocycles. The number of aromatic amines is 4. The Bertz CT molecular complexity index is 6150. The molecule has 12 rings (SSSR count). The molecule has 2 aliphatic carbocycles. The monoisotopic (exact) mass is 2010 g/mol. The van der Waals surface area contributed by atoms with E-state index in [1.54, 1.807) is 76.5 Å². The molecule has 782 valence electrons. The van der Waals surface area contributed by atoms with Crippen LogP contribution in [0.3, 0.4) is 0 Å². The second-order valence-corrected chi connectivity index (χ2v) is 38.3. The van der Waals surface area contributed by atoms with Crippen LogP contribution < -0.4 is 50.0 Å². The number of Topliss-reactive ketones (excluding diaryl/α,β-unsaturated/α-hetero) is 2. The molecular weight excluding hydrogens is 1870 g/mol. The molecule has 12 atom stereocenters. The van der Waals surface area contributed by atoms with Crippen LogP contribution in [-0.4, -0.2) is 287 Å². The lowest BCUT2D eigenvalue weighted by Crippen LogP contribution is -2.50. The summed E-state index contributed by atoms with van der Waals surface area (Å²) in [5.41, 5.74) is 29.2. The van der Waals surface area contributed by atoms with Crippen molar-refractivity contribution in [2.45, 2.75) is 195 Å². The molecule has 7 amide bonds. The van der Waals surface area contributed by atoms with E-state index in [9.17, 15) is 72.5 Å². The summed E-state index contributed by atoms with van der Waals surface area (Å²) in [6.07, 6.45) is 14.0. The average Bonchev–Trinajstić information content (AvgIpc) is 1.79. The lowest BCUT2D eigenvalue weighted by Gasteiger charge is -2.35. The van der Waals surface area contributed by atoms with E-state index in [-0.39, 0.29) is 99.2 Å². The minimum atomic E-state index is -1.01. The van der Waals surface area contributed by atoms with Gasteiger partial charge >= 0.3 is 18.3 Å². The van der Waals surface area contributed by atoms with E-state index in [0.717, 1.165) is 47.8 Å². The van der Waals surface area contributed by atoms with Crippen LogP contribution in [0.15, 0.2) is 187 Å². The Labute approximate surface area is 842 Å². The van der Waals surface area contributed by atoms with Crippen molar-refractivity contribution < 1.29 is 101 Å². The Kier molecular flexibility index (Phi) is 41.0. The van der Waals surface area contributed by atoms with E-state index in [1.807, 2.05) is 99.9 Å². The van der Waals surface area contributed by atoms with Crippen molar-refractivity contribution in [1.29, 1.82) is 0 Å². The number of aliphatic hydroxyl groups is 2. The van der Waals surface area contributed by atoms with Crippen molar-refractivity contribution in [3.05, 3.63) is 232 Å². The number of allylic oxidation sites excluding steroid dienone is 9. The number of benzene rings is 2. The van der Waals surface area contributed by atoms with Crippen molar-refractivity contribution in [3.63, 3.8) is 0 Å². The Morgan fingerprint density at radius 1 is 0.524 bits per heavy atom. The number of hydrogen-bond acceptors (Lipinski definition) is 29. The van der Waals surface area contributed by atoms with Gasteiger partial charge in [0.1, 0.15) is 29.1 Å². The first-order valence-corrected chi connectivity index (χ1v) is 48.5. The molecule has 6 aliphatic rings. The third-order valence-corrected chi connectivity index (χ3v) is 26.2. The highest BCUT2D eigenvalue weighted by Gasteiger charge is 2.39. The summed E-state index contributed by atoms with van der Waals surface area (Å²) < 4.78 is 43.8. The number of ether oxygens (including phenoxy) is 8. The molecule has 6 aromatic rings. The summed E-state index contributed by atoms with van der Waals surface area (Å²) in [4.78, 5) is 195. The number of aliphatic hydroxyl groups excluding tert-OH is 2. The number of hydrogen-bond donors (Lipinski definition) is 13. The van der Waals surface area contributed by atoms with Gasteiger partial charge in [0.15, 0.2) is 23.8 Å². The Morgan fingerprint density at radius 2 is 0.931 bits per heavy atom. The van der Waals surface area contributed by atoms with Crippen molar-refractivity contribution in [2.75, 3.05) is 119 Å². The number of anilines is 2. The number of carbonyl (C=O) groups is 11. The van der Waals surface area contributed by atoms with Gasteiger partial charge in [-0.1, -0.05) is 101 Å². The molecule has 0 spiro atoms. The predicted octanol–water partition coefficient (Wildman–Crippen LogP) is 8.28. The molecule has 0 radical (unpaired) electrons. The molecule has 8 heterocycles. The molecule has 0 unspecified atom stereocenters. The van der Waals surface area contributed by atoms with Crippen LogP contribution in [0.2, 0.25) is 0 Å². The molecule has 2 aromatic carbocycles. The fourth-order valence-corrected chi connectivity index (χ4v) is 18.3. The topological polar surface area (TPSA) is 578 Å². The van der Waals surface area contributed by atoms with Gasteiger partial charge in [-0.3, -0.25) is 67.7 Å². The molecular formula is C105H139N17O23. The SMILES string of the molecule is CC(C)(C)OC(=O)NCCN1CCN(C(=O)c2ccc(CCc3c[nH]c4nc(N)[nH]c(=O)c34)cc2)CC1.COC1=C2C[C@@H](C)C[C@H](OC)[C@@H](O)[C@@H](C)/C=C(\C)[C@H](OC(N)=O)[C@@H](OC)/C=C\C=C(/C)C(=O)NC(=CC1=O)C2=O.CO[C@H]1/C=C\C=C(/C)C(=O)NC2=CC(=O)C(CCCN3CCN(C(=O)c4ccc(CCc5c[nH]c6nc(N)[nH]c(=O)c56)cc4)CC3)=C(C[C@@H](C)C[C@H](OC)[C@@H](O)[C@@H](C)/C=C(\C)[C@@H]1OC(N)=O)C2=O. The highest BCUT2D eigenvalue weighted by molar-refractivity contribution is 6.24. The number of primary amides is 2. The first kappa shape index (κ1) is 113. The summed E-state index contributed by atoms with van der Waals surface area (Å²) in [6.45, 7) is 26.4. The minimum Gasteiger partial charge on any atom is -0.492 e. The molecule has 145 heavy (non-hydrogen) atoms. The molecule has 40 nitrogen and oxygen atoms in total. The highest BCUT2D eigenvalue weighted by atomic mass is 16.6. The van der Waals surface area contributed by atoms with Crippen molar-refractivity contribution in [1.82, 2.24) is 65.5 Å². The van der Waals surface area contributed by atoms with Crippen LogP contribution in [0.5, 0.6) is 0 Å². The van der Waals surface area contributed by atoms with E-state index in [2.05, 4.69) is 55.7 Å². The highest BCUT2D eigenvalue weighted by Crippen LogP contribution is 2.35. The van der Waals surface area contributed by atoms with Gasteiger partial charge in [-0.05, 0) is 189 Å². The van der Waals surface area contributed by atoms with Crippen LogP contribution >= 0.6 is 0 Å². The van der Waals surface area contributed by atoms with E-state index in [4.69, 9.17) is 60.8 Å². The van der Waals surface area contributed by atoms with Gasteiger partial charge in [-0.25, -0.2) is 14.4 Å². The van der Waals surface area contributed by atoms with Gasteiger partial charge in [-0.2, -0.15) is 9.97 Å². The number of nitrogens with two attached hydrogens (primary N) is 4.